The van der Waals surface area contributed by atoms with E-state index in [-0.39, 0.29) is 17.3 Å². The van der Waals surface area contributed by atoms with E-state index in [0.29, 0.717) is 5.56 Å². The topological polar surface area (TPSA) is 72.5 Å². The van der Waals surface area contributed by atoms with Crippen LogP contribution in [0.2, 0.25) is 0 Å². The zero-order valence-corrected chi connectivity index (χ0v) is 9.87. The van der Waals surface area contributed by atoms with Gasteiger partial charge < -0.3 is 4.74 Å². The first-order chi connectivity index (χ1) is 7.49. The van der Waals surface area contributed by atoms with Gasteiger partial charge in [0.05, 0.1) is 18.4 Å². The van der Waals surface area contributed by atoms with Crippen LogP contribution in [0.25, 0.3) is 0 Å². The van der Waals surface area contributed by atoms with E-state index in [9.17, 15) is 13.2 Å². The fourth-order valence-corrected chi connectivity index (χ4v) is 1.87. The molecule has 0 saturated heterocycles. The van der Waals surface area contributed by atoms with Crippen molar-refractivity contribution in [3.05, 3.63) is 29.8 Å². The van der Waals surface area contributed by atoms with Gasteiger partial charge in [0.25, 0.3) is 0 Å². The van der Waals surface area contributed by atoms with Crippen LogP contribution in [0, 0.1) is 0 Å². The van der Waals surface area contributed by atoms with Crippen LogP contribution in [-0.2, 0) is 26.0 Å². The summed E-state index contributed by atoms with van der Waals surface area (Å²) in [5.41, 5.74) is 0.710. The molecule has 1 rings (SSSR count). The number of esters is 1. The van der Waals surface area contributed by atoms with Crippen molar-refractivity contribution in [1.82, 2.24) is 4.72 Å². The van der Waals surface area contributed by atoms with Crippen LogP contribution in [0.15, 0.2) is 29.2 Å². The van der Waals surface area contributed by atoms with Gasteiger partial charge in [-0.2, -0.15) is 0 Å². The molecule has 88 valence electrons. The molecular formula is C10H13NO4S. The van der Waals surface area contributed by atoms with Gasteiger partial charge in [-0.25, -0.2) is 13.1 Å². The molecule has 0 aliphatic rings. The second kappa shape index (κ2) is 5.09. The third kappa shape index (κ3) is 3.04. The first-order valence-corrected chi connectivity index (χ1v) is 6.07. The average Bonchev–Trinajstić information content (AvgIpc) is 2.29. The van der Waals surface area contributed by atoms with Crippen molar-refractivity contribution in [3.63, 3.8) is 0 Å². The van der Waals surface area contributed by atoms with E-state index in [4.69, 9.17) is 0 Å². The molecule has 0 saturated carbocycles. The number of hydrogen-bond acceptors (Lipinski definition) is 4. The highest BCUT2D eigenvalue weighted by molar-refractivity contribution is 7.89. The second-order valence-corrected chi connectivity index (χ2v) is 4.99. The van der Waals surface area contributed by atoms with E-state index in [1.54, 1.807) is 12.1 Å². The molecule has 0 aliphatic heterocycles. The number of hydrogen-bond donors (Lipinski definition) is 1. The van der Waals surface area contributed by atoms with Crippen molar-refractivity contribution in [2.45, 2.75) is 11.3 Å². The van der Waals surface area contributed by atoms with Crippen LogP contribution in [0.5, 0.6) is 0 Å². The zero-order valence-electron chi connectivity index (χ0n) is 9.06. The first kappa shape index (κ1) is 12.7. The van der Waals surface area contributed by atoms with E-state index in [2.05, 4.69) is 9.46 Å². The highest BCUT2D eigenvalue weighted by Gasteiger charge is 2.11. The van der Waals surface area contributed by atoms with Crippen LogP contribution in [0.1, 0.15) is 5.56 Å². The highest BCUT2D eigenvalue weighted by Crippen LogP contribution is 2.10. The smallest absolute Gasteiger partial charge is 0.309 e. The van der Waals surface area contributed by atoms with Crippen molar-refractivity contribution < 1.29 is 17.9 Å². The van der Waals surface area contributed by atoms with Crippen LogP contribution in [-0.4, -0.2) is 28.5 Å². The number of rotatable bonds is 4. The summed E-state index contributed by atoms with van der Waals surface area (Å²) in [5, 5.41) is 0. The average molecular weight is 243 g/mol. The van der Waals surface area contributed by atoms with E-state index in [1.165, 1.54) is 26.3 Å². The molecule has 1 aromatic carbocycles. The molecule has 0 unspecified atom stereocenters. The summed E-state index contributed by atoms with van der Waals surface area (Å²) in [6, 6.07) is 6.07. The van der Waals surface area contributed by atoms with Gasteiger partial charge in [0.15, 0.2) is 0 Å². The van der Waals surface area contributed by atoms with Crippen molar-refractivity contribution in [3.8, 4) is 0 Å². The van der Waals surface area contributed by atoms with Gasteiger partial charge in [-0.1, -0.05) is 12.1 Å². The number of benzene rings is 1. The Kier molecular flexibility index (Phi) is 4.03. The molecule has 0 bridgehead atoms. The molecule has 0 atom stereocenters. The van der Waals surface area contributed by atoms with Crippen molar-refractivity contribution >= 4 is 16.0 Å². The van der Waals surface area contributed by atoms with Gasteiger partial charge in [-0.05, 0) is 24.7 Å². The molecule has 16 heavy (non-hydrogen) atoms. The minimum atomic E-state index is -3.42. The zero-order chi connectivity index (χ0) is 12.2. The van der Waals surface area contributed by atoms with E-state index in [0.717, 1.165) is 0 Å². The molecule has 6 heteroatoms. The van der Waals surface area contributed by atoms with Crippen LogP contribution >= 0.6 is 0 Å². The monoisotopic (exact) mass is 243 g/mol. The standard InChI is InChI=1S/C10H13NO4S/c1-11-16(13,14)9-5-3-8(4-6-9)7-10(12)15-2/h3-6,11H,7H2,1-2H3. The molecule has 0 heterocycles. The summed E-state index contributed by atoms with van der Waals surface area (Å²) < 4.78 is 29.5. The maximum absolute atomic E-state index is 11.4. The third-order valence-electron chi connectivity index (χ3n) is 2.08. The number of carbonyl (C=O) groups is 1. The maximum Gasteiger partial charge on any atom is 0.309 e. The predicted molar refractivity (Wildman–Crippen MR) is 58.4 cm³/mol. The third-order valence-corrected chi connectivity index (χ3v) is 3.51. The van der Waals surface area contributed by atoms with Crippen molar-refractivity contribution in [1.29, 1.82) is 0 Å². The van der Waals surface area contributed by atoms with Gasteiger partial charge >= 0.3 is 5.97 Å². The quantitative estimate of drug-likeness (QED) is 0.772. The lowest BCUT2D eigenvalue weighted by molar-refractivity contribution is -0.139. The maximum atomic E-state index is 11.4. The van der Waals surface area contributed by atoms with E-state index >= 15 is 0 Å². The summed E-state index contributed by atoms with van der Waals surface area (Å²) in [4.78, 5) is 11.1. The second-order valence-electron chi connectivity index (χ2n) is 3.10. The highest BCUT2D eigenvalue weighted by atomic mass is 32.2. The summed E-state index contributed by atoms with van der Waals surface area (Å²) in [7, 11) is -0.763. The minimum Gasteiger partial charge on any atom is -0.469 e. The summed E-state index contributed by atoms with van der Waals surface area (Å²) in [6.07, 6.45) is 0.135. The SMILES string of the molecule is CNS(=O)(=O)c1ccc(CC(=O)OC)cc1. The number of nitrogens with one attached hydrogen (secondary N) is 1. The fraction of sp³-hybridized carbons (Fsp3) is 0.300. The Morgan fingerprint density at radius 2 is 1.88 bits per heavy atom. The first-order valence-electron chi connectivity index (χ1n) is 4.59. The molecule has 1 N–H and O–H groups in total. The van der Waals surface area contributed by atoms with Crippen LogP contribution < -0.4 is 4.72 Å². The Balaban J connectivity index is 2.88. The van der Waals surface area contributed by atoms with Gasteiger partial charge in [0, 0.05) is 0 Å². The van der Waals surface area contributed by atoms with Crippen LogP contribution in [0.3, 0.4) is 0 Å². The molecule has 5 nitrogen and oxygen atoms in total. The minimum absolute atomic E-state index is 0.135. The lowest BCUT2D eigenvalue weighted by Crippen LogP contribution is -2.18. The van der Waals surface area contributed by atoms with Crippen molar-refractivity contribution in [2.24, 2.45) is 0 Å². The molecule has 0 spiro atoms. The lowest BCUT2D eigenvalue weighted by atomic mass is 10.2. The van der Waals surface area contributed by atoms with Gasteiger partial charge in [-0.15, -0.1) is 0 Å². The van der Waals surface area contributed by atoms with Gasteiger partial charge in [-0.3, -0.25) is 4.79 Å². The van der Waals surface area contributed by atoms with Crippen LogP contribution in [0.4, 0.5) is 0 Å². The Labute approximate surface area is 94.5 Å². The molecule has 0 aliphatic carbocycles. The Morgan fingerprint density at radius 3 is 2.31 bits per heavy atom. The molecular weight excluding hydrogens is 230 g/mol. The molecule has 0 amide bonds. The fourth-order valence-electron chi connectivity index (χ4n) is 1.14. The Morgan fingerprint density at radius 1 is 1.31 bits per heavy atom. The normalized spacial score (nSPS) is 11.1. The van der Waals surface area contributed by atoms with E-state index < -0.39 is 10.0 Å². The summed E-state index contributed by atoms with van der Waals surface area (Å²) >= 11 is 0. The molecule has 0 fully saturated rings. The number of sulfonamides is 1. The van der Waals surface area contributed by atoms with Gasteiger partial charge in [0.2, 0.25) is 10.0 Å². The summed E-state index contributed by atoms with van der Waals surface area (Å²) in [6.45, 7) is 0. The Bertz CT molecular complexity index is 464. The summed E-state index contributed by atoms with van der Waals surface area (Å²) in [5.74, 6) is -0.357. The lowest BCUT2D eigenvalue weighted by Gasteiger charge is -2.03. The Hall–Kier alpha value is -1.40. The molecule has 0 radical (unpaired) electrons. The van der Waals surface area contributed by atoms with E-state index in [1.807, 2.05) is 0 Å². The molecule has 1 aromatic rings. The van der Waals surface area contributed by atoms with Crippen molar-refractivity contribution in [2.75, 3.05) is 14.2 Å². The van der Waals surface area contributed by atoms with Gasteiger partial charge in [0.1, 0.15) is 0 Å². The molecule has 0 aromatic heterocycles. The predicted octanol–water partition coefficient (Wildman–Crippen LogP) is 0.310. The largest absolute Gasteiger partial charge is 0.469 e. The number of ether oxygens (including phenoxy) is 1. The number of carbonyl (C=O) groups excluding carboxylic acids is 1. The number of methoxy groups -OCH3 is 1.